The molecular formula is C15H15Cl2NOS. The van der Waals surface area contributed by atoms with E-state index >= 15 is 0 Å². The van der Waals surface area contributed by atoms with E-state index in [0.717, 1.165) is 17.0 Å². The molecule has 20 heavy (non-hydrogen) atoms. The van der Waals surface area contributed by atoms with Gasteiger partial charge in [0.15, 0.2) is 5.75 Å². The Morgan fingerprint density at radius 3 is 2.50 bits per heavy atom. The van der Waals surface area contributed by atoms with Crippen molar-refractivity contribution in [3.05, 3.63) is 52.0 Å². The van der Waals surface area contributed by atoms with Crippen LogP contribution in [0.25, 0.3) is 0 Å². The molecule has 2 N–H and O–H groups in total. The second kappa shape index (κ2) is 7.11. The zero-order chi connectivity index (χ0) is 14.5. The lowest BCUT2D eigenvalue weighted by Gasteiger charge is -2.10. The van der Waals surface area contributed by atoms with Crippen LogP contribution in [0.3, 0.4) is 0 Å². The number of nitrogen functional groups attached to an aromatic ring is 1. The highest BCUT2D eigenvalue weighted by molar-refractivity contribution is 7.99. The number of para-hydroxylation sites is 1. The highest BCUT2D eigenvalue weighted by Crippen LogP contribution is 2.32. The Morgan fingerprint density at radius 1 is 1.15 bits per heavy atom. The molecule has 0 atom stereocenters. The summed E-state index contributed by atoms with van der Waals surface area (Å²) in [5.74, 6) is 1.36. The van der Waals surface area contributed by atoms with E-state index in [1.165, 1.54) is 4.90 Å². The van der Waals surface area contributed by atoms with Gasteiger partial charge in [0.05, 0.1) is 16.7 Å². The van der Waals surface area contributed by atoms with E-state index in [1.54, 1.807) is 30.0 Å². The van der Waals surface area contributed by atoms with E-state index in [2.05, 4.69) is 6.07 Å². The van der Waals surface area contributed by atoms with Gasteiger partial charge in [-0.3, -0.25) is 0 Å². The fourth-order valence-corrected chi connectivity index (χ4v) is 2.99. The number of hydrogen-bond donors (Lipinski definition) is 1. The molecule has 5 heteroatoms. The molecule has 0 radical (unpaired) electrons. The minimum Gasteiger partial charge on any atom is -0.490 e. The van der Waals surface area contributed by atoms with Crippen LogP contribution in [-0.4, -0.2) is 12.4 Å². The van der Waals surface area contributed by atoms with Crippen molar-refractivity contribution in [1.29, 1.82) is 0 Å². The lowest BCUT2D eigenvalue weighted by atomic mass is 10.2. The summed E-state index contributed by atoms with van der Waals surface area (Å²) in [6.07, 6.45) is 0. The third-order valence-corrected chi connectivity index (χ3v) is 4.31. The zero-order valence-corrected chi connectivity index (χ0v) is 13.4. The summed E-state index contributed by atoms with van der Waals surface area (Å²) >= 11 is 13.8. The van der Waals surface area contributed by atoms with Gasteiger partial charge in [-0.15, -0.1) is 11.8 Å². The summed E-state index contributed by atoms with van der Waals surface area (Å²) in [5, 5.41) is 1.07. The SMILES string of the molecule is Cc1cc(SCCOc2c(Cl)cccc2Cl)ccc1N. The minimum atomic E-state index is 0.533. The molecule has 2 aromatic carbocycles. The summed E-state index contributed by atoms with van der Waals surface area (Å²) in [6, 6.07) is 11.3. The Labute approximate surface area is 133 Å². The average molecular weight is 328 g/mol. The van der Waals surface area contributed by atoms with Gasteiger partial charge >= 0.3 is 0 Å². The first-order valence-electron chi connectivity index (χ1n) is 6.13. The predicted molar refractivity (Wildman–Crippen MR) is 88.3 cm³/mol. The van der Waals surface area contributed by atoms with Gasteiger partial charge in [-0.05, 0) is 42.8 Å². The number of rotatable bonds is 5. The molecule has 0 bridgehead atoms. The molecule has 0 spiro atoms. The lowest BCUT2D eigenvalue weighted by molar-refractivity contribution is 0.344. The average Bonchev–Trinajstić information content (AvgIpc) is 2.41. The summed E-state index contributed by atoms with van der Waals surface area (Å²) in [7, 11) is 0. The fourth-order valence-electron chi connectivity index (χ4n) is 1.66. The first-order valence-corrected chi connectivity index (χ1v) is 7.88. The maximum absolute atomic E-state index is 6.03. The van der Waals surface area contributed by atoms with E-state index in [1.807, 2.05) is 19.1 Å². The van der Waals surface area contributed by atoms with Crippen LogP contribution in [0.5, 0.6) is 5.75 Å². The van der Waals surface area contributed by atoms with Crippen LogP contribution < -0.4 is 10.5 Å². The fraction of sp³-hybridized carbons (Fsp3) is 0.200. The smallest absolute Gasteiger partial charge is 0.156 e. The van der Waals surface area contributed by atoms with Crippen molar-refractivity contribution in [3.63, 3.8) is 0 Å². The Balaban J connectivity index is 1.86. The summed E-state index contributed by atoms with van der Waals surface area (Å²) in [6.45, 7) is 2.54. The maximum atomic E-state index is 6.03. The molecule has 2 nitrogen and oxygen atoms in total. The number of ether oxygens (including phenoxy) is 1. The van der Waals surface area contributed by atoms with Crippen LogP contribution in [0.15, 0.2) is 41.3 Å². The van der Waals surface area contributed by atoms with Crippen molar-refractivity contribution in [1.82, 2.24) is 0 Å². The van der Waals surface area contributed by atoms with Gasteiger partial charge in [0, 0.05) is 16.3 Å². The monoisotopic (exact) mass is 327 g/mol. The molecule has 2 aromatic rings. The first kappa shape index (κ1) is 15.4. The molecule has 0 aliphatic heterocycles. The Hall–Kier alpha value is -1.03. The zero-order valence-electron chi connectivity index (χ0n) is 11.0. The molecule has 0 aliphatic rings. The second-order valence-electron chi connectivity index (χ2n) is 4.27. The molecule has 0 fully saturated rings. The topological polar surface area (TPSA) is 35.2 Å². The van der Waals surface area contributed by atoms with Crippen LogP contribution in [0.2, 0.25) is 10.0 Å². The third kappa shape index (κ3) is 3.98. The Bertz CT molecular complexity index is 584. The number of halogens is 2. The molecule has 106 valence electrons. The van der Waals surface area contributed by atoms with Crippen LogP contribution in [-0.2, 0) is 0 Å². The van der Waals surface area contributed by atoms with Gasteiger partial charge in [-0.1, -0.05) is 29.3 Å². The van der Waals surface area contributed by atoms with Gasteiger partial charge in [0.25, 0.3) is 0 Å². The van der Waals surface area contributed by atoms with Crippen LogP contribution in [0, 0.1) is 6.92 Å². The number of aryl methyl sites for hydroxylation is 1. The third-order valence-electron chi connectivity index (χ3n) is 2.76. The van der Waals surface area contributed by atoms with Crippen LogP contribution in [0.1, 0.15) is 5.56 Å². The number of thioether (sulfide) groups is 1. The van der Waals surface area contributed by atoms with E-state index in [4.69, 9.17) is 33.7 Å². The number of anilines is 1. The van der Waals surface area contributed by atoms with Crippen molar-refractivity contribution >= 4 is 40.7 Å². The Morgan fingerprint density at radius 2 is 1.85 bits per heavy atom. The van der Waals surface area contributed by atoms with Crippen LogP contribution in [0.4, 0.5) is 5.69 Å². The summed E-state index contributed by atoms with van der Waals surface area (Å²) in [4.78, 5) is 1.17. The number of nitrogens with two attached hydrogens (primary N) is 1. The van der Waals surface area contributed by atoms with E-state index in [0.29, 0.717) is 22.4 Å². The Kier molecular flexibility index (Phi) is 5.46. The number of hydrogen-bond acceptors (Lipinski definition) is 3. The quantitative estimate of drug-likeness (QED) is 0.474. The predicted octanol–water partition coefficient (Wildman–Crippen LogP) is 5.06. The molecule has 0 unspecified atom stereocenters. The standard InChI is InChI=1S/C15H15Cl2NOS/c1-10-9-11(5-6-14(10)18)20-8-7-19-15-12(16)3-2-4-13(15)17/h2-6,9H,7-8,18H2,1H3. The largest absolute Gasteiger partial charge is 0.490 e. The molecule has 0 aromatic heterocycles. The van der Waals surface area contributed by atoms with Crippen molar-refractivity contribution in [3.8, 4) is 5.75 Å². The van der Waals surface area contributed by atoms with E-state index < -0.39 is 0 Å². The van der Waals surface area contributed by atoms with Crippen molar-refractivity contribution in [2.75, 3.05) is 18.1 Å². The molecule has 0 aliphatic carbocycles. The van der Waals surface area contributed by atoms with Crippen molar-refractivity contribution in [2.45, 2.75) is 11.8 Å². The maximum Gasteiger partial charge on any atom is 0.156 e. The number of benzene rings is 2. The van der Waals surface area contributed by atoms with E-state index in [9.17, 15) is 0 Å². The van der Waals surface area contributed by atoms with E-state index in [-0.39, 0.29) is 0 Å². The molecule has 0 heterocycles. The lowest BCUT2D eigenvalue weighted by Crippen LogP contribution is -2.01. The molecule has 2 rings (SSSR count). The molecular weight excluding hydrogens is 313 g/mol. The highest BCUT2D eigenvalue weighted by Gasteiger charge is 2.06. The minimum absolute atomic E-state index is 0.533. The normalized spacial score (nSPS) is 10.6. The molecule has 0 saturated carbocycles. The van der Waals surface area contributed by atoms with Gasteiger partial charge < -0.3 is 10.5 Å². The summed E-state index contributed by atoms with van der Waals surface area (Å²) in [5.41, 5.74) is 7.69. The van der Waals surface area contributed by atoms with Gasteiger partial charge in [0.1, 0.15) is 0 Å². The molecule has 0 saturated heterocycles. The van der Waals surface area contributed by atoms with Gasteiger partial charge in [0.2, 0.25) is 0 Å². The second-order valence-corrected chi connectivity index (χ2v) is 6.25. The van der Waals surface area contributed by atoms with Crippen molar-refractivity contribution in [2.24, 2.45) is 0 Å². The highest BCUT2D eigenvalue weighted by atomic mass is 35.5. The van der Waals surface area contributed by atoms with Gasteiger partial charge in [-0.25, -0.2) is 0 Å². The van der Waals surface area contributed by atoms with Crippen LogP contribution >= 0.6 is 35.0 Å². The van der Waals surface area contributed by atoms with Gasteiger partial charge in [-0.2, -0.15) is 0 Å². The summed E-state index contributed by atoms with van der Waals surface area (Å²) < 4.78 is 5.63. The molecule has 0 amide bonds. The van der Waals surface area contributed by atoms with Crippen molar-refractivity contribution < 1.29 is 4.74 Å². The first-order chi connectivity index (χ1) is 9.58.